The summed E-state index contributed by atoms with van der Waals surface area (Å²) in [5, 5.41) is 6.85. The zero-order valence-electron chi connectivity index (χ0n) is 13.5. The Balaban J connectivity index is 1.62. The van der Waals surface area contributed by atoms with Crippen molar-refractivity contribution in [3.05, 3.63) is 54.1 Å². The summed E-state index contributed by atoms with van der Waals surface area (Å²) in [7, 11) is 3.20. The Morgan fingerprint density at radius 1 is 1.12 bits per heavy atom. The summed E-state index contributed by atoms with van der Waals surface area (Å²) in [4.78, 5) is 17.6. The molecule has 0 spiro atoms. The van der Waals surface area contributed by atoms with E-state index in [4.69, 9.17) is 14.3 Å². The molecule has 0 bridgehead atoms. The van der Waals surface area contributed by atoms with Gasteiger partial charge in [0.05, 0.1) is 19.9 Å². The predicted molar refractivity (Wildman–Crippen MR) is 90.6 cm³/mol. The molecule has 0 radical (unpaired) electrons. The van der Waals surface area contributed by atoms with Crippen LogP contribution in [0, 0.1) is 0 Å². The van der Waals surface area contributed by atoms with Crippen LogP contribution in [0.15, 0.2) is 53.7 Å². The molecule has 0 aliphatic carbocycles. The highest BCUT2D eigenvalue weighted by Gasteiger charge is 2.29. The van der Waals surface area contributed by atoms with Crippen LogP contribution in [0.3, 0.4) is 0 Å². The molecule has 24 heavy (non-hydrogen) atoms. The van der Waals surface area contributed by atoms with Gasteiger partial charge < -0.3 is 19.6 Å². The van der Waals surface area contributed by atoms with Crippen LogP contribution in [0.5, 0.6) is 11.5 Å². The zero-order chi connectivity index (χ0) is 16.9. The van der Waals surface area contributed by atoms with Crippen LogP contribution >= 0.6 is 0 Å². The fourth-order valence-corrected chi connectivity index (χ4v) is 2.39. The second-order valence-electron chi connectivity index (χ2n) is 5.29. The van der Waals surface area contributed by atoms with Gasteiger partial charge in [0.1, 0.15) is 11.5 Å². The SMILES string of the molecule is COc1ccc(NC(=O)[C@@H]2CC(c3cccc(OC)c3)=NO2)cc1. The lowest BCUT2D eigenvalue weighted by atomic mass is 10.0. The maximum Gasteiger partial charge on any atom is 0.268 e. The molecule has 1 aliphatic rings. The molecule has 0 saturated carbocycles. The molecule has 2 aromatic carbocycles. The molecule has 1 atom stereocenters. The van der Waals surface area contributed by atoms with Crippen LogP contribution in [-0.2, 0) is 9.63 Å². The van der Waals surface area contributed by atoms with Crippen LogP contribution in [0.1, 0.15) is 12.0 Å². The molecule has 6 heteroatoms. The number of nitrogens with zero attached hydrogens (tertiary/aromatic N) is 1. The van der Waals surface area contributed by atoms with Gasteiger partial charge in [-0.3, -0.25) is 4.79 Å². The average Bonchev–Trinajstić information content (AvgIpc) is 3.13. The summed E-state index contributed by atoms with van der Waals surface area (Å²) in [6, 6.07) is 14.6. The topological polar surface area (TPSA) is 69.2 Å². The molecule has 1 amide bonds. The number of amides is 1. The molecule has 0 fully saturated rings. The third-order valence-electron chi connectivity index (χ3n) is 3.72. The summed E-state index contributed by atoms with van der Waals surface area (Å²) in [6.07, 6.45) is -0.233. The maximum absolute atomic E-state index is 12.3. The molecular weight excluding hydrogens is 308 g/mol. The number of carbonyl (C=O) groups is 1. The fourth-order valence-electron chi connectivity index (χ4n) is 2.39. The van der Waals surface area contributed by atoms with E-state index in [0.717, 1.165) is 22.8 Å². The van der Waals surface area contributed by atoms with E-state index in [1.54, 1.807) is 38.5 Å². The van der Waals surface area contributed by atoms with Crippen molar-refractivity contribution in [3.8, 4) is 11.5 Å². The number of rotatable bonds is 5. The quantitative estimate of drug-likeness (QED) is 0.917. The van der Waals surface area contributed by atoms with E-state index in [1.807, 2.05) is 24.3 Å². The number of ether oxygens (including phenoxy) is 2. The summed E-state index contributed by atoms with van der Waals surface area (Å²) in [5.41, 5.74) is 2.29. The third-order valence-corrected chi connectivity index (χ3v) is 3.72. The molecule has 124 valence electrons. The number of carbonyl (C=O) groups excluding carboxylic acids is 1. The molecular formula is C18H18N2O4. The van der Waals surface area contributed by atoms with Crippen molar-refractivity contribution >= 4 is 17.3 Å². The fraction of sp³-hybridized carbons (Fsp3) is 0.222. The Morgan fingerprint density at radius 2 is 1.88 bits per heavy atom. The van der Waals surface area contributed by atoms with Crippen LogP contribution in [-0.4, -0.2) is 31.9 Å². The second kappa shape index (κ2) is 7.04. The standard InChI is InChI=1S/C18H18N2O4/c1-22-14-8-6-13(7-9-14)19-18(21)17-11-16(20-24-17)12-4-3-5-15(10-12)23-2/h3-10,17H,11H2,1-2H3,(H,19,21)/t17-/m0/s1. The Bertz CT molecular complexity index is 756. The highest BCUT2D eigenvalue weighted by Crippen LogP contribution is 2.22. The molecule has 2 aromatic rings. The largest absolute Gasteiger partial charge is 0.497 e. The van der Waals surface area contributed by atoms with Gasteiger partial charge in [0.25, 0.3) is 5.91 Å². The van der Waals surface area contributed by atoms with Crippen molar-refractivity contribution in [2.45, 2.75) is 12.5 Å². The number of anilines is 1. The lowest BCUT2D eigenvalue weighted by Crippen LogP contribution is -2.28. The summed E-state index contributed by atoms with van der Waals surface area (Å²) in [5.74, 6) is 1.23. The van der Waals surface area contributed by atoms with Gasteiger partial charge in [-0.05, 0) is 36.4 Å². The van der Waals surface area contributed by atoms with Gasteiger partial charge in [0.2, 0.25) is 6.10 Å². The smallest absolute Gasteiger partial charge is 0.268 e. The Labute approximate surface area is 140 Å². The molecule has 1 N–H and O–H groups in total. The molecule has 1 heterocycles. The lowest BCUT2D eigenvalue weighted by Gasteiger charge is -2.10. The van der Waals surface area contributed by atoms with E-state index < -0.39 is 6.10 Å². The first-order chi connectivity index (χ1) is 11.7. The van der Waals surface area contributed by atoms with Crippen molar-refractivity contribution in [1.29, 1.82) is 0 Å². The first kappa shape index (κ1) is 15.9. The van der Waals surface area contributed by atoms with Crippen molar-refractivity contribution < 1.29 is 19.1 Å². The van der Waals surface area contributed by atoms with Gasteiger partial charge >= 0.3 is 0 Å². The van der Waals surface area contributed by atoms with Gasteiger partial charge in [0.15, 0.2) is 0 Å². The number of oxime groups is 1. The molecule has 0 unspecified atom stereocenters. The number of hydrogen-bond donors (Lipinski definition) is 1. The van der Waals surface area contributed by atoms with Gasteiger partial charge in [-0.1, -0.05) is 17.3 Å². The van der Waals surface area contributed by atoms with Crippen molar-refractivity contribution in [3.63, 3.8) is 0 Å². The summed E-state index contributed by atoms with van der Waals surface area (Å²) in [6.45, 7) is 0. The van der Waals surface area contributed by atoms with Gasteiger partial charge in [-0.25, -0.2) is 0 Å². The minimum absolute atomic E-state index is 0.234. The highest BCUT2D eigenvalue weighted by atomic mass is 16.6. The van der Waals surface area contributed by atoms with Gasteiger partial charge in [-0.2, -0.15) is 0 Å². The van der Waals surface area contributed by atoms with Crippen molar-refractivity contribution in [2.75, 3.05) is 19.5 Å². The van der Waals surface area contributed by atoms with Crippen molar-refractivity contribution in [1.82, 2.24) is 0 Å². The second-order valence-corrected chi connectivity index (χ2v) is 5.29. The molecule has 0 saturated heterocycles. The van der Waals surface area contributed by atoms with E-state index >= 15 is 0 Å². The van der Waals surface area contributed by atoms with E-state index in [0.29, 0.717) is 12.1 Å². The van der Waals surface area contributed by atoms with Crippen molar-refractivity contribution in [2.24, 2.45) is 5.16 Å². The first-order valence-corrected chi connectivity index (χ1v) is 7.51. The average molecular weight is 326 g/mol. The highest BCUT2D eigenvalue weighted by molar-refractivity contribution is 6.06. The maximum atomic E-state index is 12.3. The number of hydrogen-bond acceptors (Lipinski definition) is 5. The Kier molecular flexibility index (Phi) is 4.65. The summed E-state index contributed by atoms with van der Waals surface area (Å²) >= 11 is 0. The van der Waals surface area contributed by atoms with E-state index in [1.165, 1.54) is 0 Å². The Hall–Kier alpha value is -3.02. The van der Waals surface area contributed by atoms with E-state index in [9.17, 15) is 4.79 Å². The van der Waals surface area contributed by atoms with Crippen LogP contribution < -0.4 is 14.8 Å². The normalized spacial score (nSPS) is 16.1. The number of benzene rings is 2. The predicted octanol–water partition coefficient (Wildman–Crippen LogP) is 2.84. The number of methoxy groups -OCH3 is 2. The lowest BCUT2D eigenvalue weighted by molar-refractivity contribution is -0.125. The van der Waals surface area contributed by atoms with E-state index in [-0.39, 0.29) is 5.91 Å². The minimum Gasteiger partial charge on any atom is -0.497 e. The van der Waals surface area contributed by atoms with E-state index in [2.05, 4.69) is 10.5 Å². The zero-order valence-corrected chi connectivity index (χ0v) is 13.5. The third kappa shape index (κ3) is 3.48. The first-order valence-electron chi connectivity index (χ1n) is 7.51. The van der Waals surface area contributed by atoms with Crippen LogP contribution in [0.25, 0.3) is 0 Å². The van der Waals surface area contributed by atoms with Gasteiger partial charge in [0, 0.05) is 17.7 Å². The molecule has 6 nitrogen and oxygen atoms in total. The summed E-state index contributed by atoms with van der Waals surface area (Å²) < 4.78 is 10.3. The van der Waals surface area contributed by atoms with Crippen LogP contribution in [0.4, 0.5) is 5.69 Å². The molecule has 1 aliphatic heterocycles. The number of nitrogens with one attached hydrogen (secondary N) is 1. The Morgan fingerprint density at radius 3 is 2.58 bits per heavy atom. The minimum atomic E-state index is -0.645. The molecule has 3 rings (SSSR count). The molecule has 0 aromatic heterocycles. The monoisotopic (exact) mass is 326 g/mol. The van der Waals surface area contributed by atoms with Crippen LogP contribution in [0.2, 0.25) is 0 Å². The van der Waals surface area contributed by atoms with Gasteiger partial charge in [-0.15, -0.1) is 0 Å².